The first-order valence-electron chi connectivity index (χ1n) is 10.8. The van der Waals surface area contributed by atoms with E-state index < -0.39 is 0 Å². The van der Waals surface area contributed by atoms with Crippen molar-refractivity contribution in [1.29, 1.82) is 0 Å². The van der Waals surface area contributed by atoms with E-state index in [1.54, 1.807) is 0 Å². The van der Waals surface area contributed by atoms with Gasteiger partial charge in [0.1, 0.15) is 0 Å². The van der Waals surface area contributed by atoms with E-state index in [-0.39, 0.29) is 35.8 Å². The SMILES string of the molecule is CCNC(=O)c1cccc(CN=C(NCC)NCCCN2CCCCCC2=O)c1.I. The summed E-state index contributed by atoms with van der Waals surface area (Å²) in [6, 6.07) is 7.55. The number of benzene rings is 1. The van der Waals surface area contributed by atoms with Gasteiger partial charge >= 0.3 is 0 Å². The zero-order valence-electron chi connectivity index (χ0n) is 18.2. The van der Waals surface area contributed by atoms with Gasteiger partial charge in [-0.2, -0.15) is 0 Å². The Bertz CT molecular complexity index is 696. The van der Waals surface area contributed by atoms with Crippen molar-refractivity contribution >= 4 is 41.8 Å². The maximum absolute atomic E-state index is 12.1. The molecule has 30 heavy (non-hydrogen) atoms. The minimum atomic E-state index is -0.0635. The van der Waals surface area contributed by atoms with Crippen molar-refractivity contribution in [3.05, 3.63) is 35.4 Å². The van der Waals surface area contributed by atoms with Gasteiger partial charge in [0.2, 0.25) is 5.91 Å². The Balaban J connectivity index is 0.00000450. The van der Waals surface area contributed by atoms with Gasteiger partial charge in [0.15, 0.2) is 5.96 Å². The number of guanidine groups is 1. The first-order chi connectivity index (χ1) is 14.1. The maximum atomic E-state index is 12.1. The molecule has 1 aromatic rings. The number of halogens is 1. The Morgan fingerprint density at radius 2 is 1.90 bits per heavy atom. The summed E-state index contributed by atoms with van der Waals surface area (Å²) in [7, 11) is 0. The molecule has 7 nitrogen and oxygen atoms in total. The fraction of sp³-hybridized carbons (Fsp3) is 0.591. The van der Waals surface area contributed by atoms with Gasteiger partial charge in [-0.05, 0) is 50.8 Å². The summed E-state index contributed by atoms with van der Waals surface area (Å²) >= 11 is 0. The van der Waals surface area contributed by atoms with Crippen molar-refractivity contribution in [1.82, 2.24) is 20.9 Å². The molecule has 1 aromatic carbocycles. The largest absolute Gasteiger partial charge is 0.357 e. The number of rotatable bonds is 9. The summed E-state index contributed by atoms with van der Waals surface area (Å²) < 4.78 is 0. The molecule has 0 aromatic heterocycles. The van der Waals surface area contributed by atoms with E-state index in [1.165, 1.54) is 0 Å². The van der Waals surface area contributed by atoms with Gasteiger partial charge in [-0.3, -0.25) is 9.59 Å². The van der Waals surface area contributed by atoms with Crippen LogP contribution in [0, 0.1) is 0 Å². The van der Waals surface area contributed by atoms with Crippen molar-refractivity contribution in [3.63, 3.8) is 0 Å². The summed E-state index contributed by atoms with van der Waals surface area (Å²) in [5.41, 5.74) is 1.64. The van der Waals surface area contributed by atoms with Crippen LogP contribution in [0.4, 0.5) is 0 Å². The van der Waals surface area contributed by atoms with Crippen molar-refractivity contribution in [3.8, 4) is 0 Å². The van der Waals surface area contributed by atoms with E-state index in [4.69, 9.17) is 0 Å². The molecule has 0 spiro atoms. The Morgan fingerprint density at radius 3 is 2.67 bits per heavy atom. The first-order valence-corrected chi connectivity index (χ1v) is 10.8. The van der Waals surface area contributed by atoms with Crippen LogP contribution < -0.4 is 16.0 Å². The van der Waals surface area contributed by atoms with Crippen molar-refractivity contribution < 1.29 is 9.59 Å². The highest BCUT2D eigenvalue weighted by Crippen LogP contribution is 2.11. The molecule has 1 aliphatic heterocycles. The second kappa shape index (κ2) is 15.0. The predicted octanol–water partition coefficient (Wildman–Crippen LogP) is 2.90. The molecule has 0 unspecified atom stereocenters. The molecule has 0 radical (unpaired) electrons. The highest BCUT2D eigenvalue weighted by atomic mass is 127. The number of hydrogen-bond acceptors (Lipinski definition) is 3. The third-order valence-electron chi connectivity index (χ3n) is 4.86. The van der Waals surface area contributed by atoms with E-state index in [1.807, 2.05) is 43.0 Å². The van der Waals surface area contributed by atoms with E-state index in [2.05, 4.69) is 20.9 Å². The fourth-order valence-corrected chi connectivity index (χ4v) is 3.34. The van der Waals surface area contributed by atoms with Gasteiger partial charge in [0, 0.05) is 44.7 Å². The van der Waals surface area contributed by atoms with Gasteiger partial charge in [-0.1, -0.05) is 18.6 Å². The molecule has 0 aliphatic carbocycles. The number of nitrogens with one attached hydrogen (secondary N) is 3. The highest BCUT2D eigenvalue weighted by Gasteiger charge is 2.15. The van der Waals surface area contributed by atoms with Crippen molar-refractivity contribution in [2.24, 2.45) is 4.99 Å². The van der Waals surface area contributed by atoms with E-state index in [0.29, 0.717) is 25.1 Å². The van der Waals surface area contributed by atoms with Crippen LogP contribution in [-0.4, -0.2) is 55.4 Å². The molecule has 3 N–H and O–H groups in total. The number of hydrogen-bond donors (Lipinski definition) is 3. The van der Waals surface area contributed by atoms with Gasteiger partial charge in [0.05, 0.1) is 6.54 Å². The average molecular weight is 529 g/mol. The van der Waals surface area contributed by atoms with Crippen LogP contribution in [-0.2, 0) is 11.3 Å². The van der Waals surface area contributed by atoms with Crippen LogP contribution in [0.3, 0.4) is 0 Å². The fourth-order valence-electron chi connectivity index (χ4n) is 3.34. The molecule has 2 amide bonds. The monoisotopic (exact) mass is 529 g/mol. The van der Waals surface area contributed by atoms with E-state index in [0.717, 1.165) is 63.4 Å². The van der Waals surface area contributed by atoms with Gasteiger partial charge in [-0.15, -0.1) is 24.0 Å². The average Bonchev–Trinajstić information content (AvgIpc) is 2.93. The Labute approximate surface area is 197 Å². The predicted molar refractivity (Wildman–Crippen MR) is 132 cm³/mol. The summed E-state index contributed by atoms with van der Waals surface area (Å²) in [6.07, 6.45) is 4.86. The smallest absolute Gasteiger partial charge is 0.251 e. The molecule has 0 atom stereocenters. The van der Waals surface area contributed by atoms with Crippen LogP contribution in [0.15, 0.2) is 29.3 Å². The Kier molecular flexibility index (Phi) is 13.1. The van der Waals surface area contributed by atoms with Gasteiger partial charge in [-0.25, -0.2) is 4.99 Å². The molecule has 1 heterocycles. The molecule has 1 saturated heterocycles. The van der Waals surface area contributed by atoms with Crippen molar-refractivity contribution in [2.75, 3.05) is 32.7 Å². The molecule has 0 bridgehead atoms. The molecule has 1 fully saturated rings. The van der Waals surface area contributed by atoms with Gasteiger partial charge in [0.25, 0.3) is 5.91 Å². The first kappa shape index (κ1) is 26.2. The van der Waals surface area contributed by atoms with Crippen LogP contribution in [0.2, 0.25) is 0 Å². The Hall–Kier alpha value is -1.84. The highest BCUT2D eigenvalue weighted by molar-refractivity contribution is 14.0. The van der Waals surface area contributed by atoms with Crippen LogP contribution in [0.25, 0.3) is 0 Å². The number of carbonyl (C=O) groups excluding carboxylic acids is 2. The second-order valence-corrected chi connectivity index (χ2v) is 7.23. The normalized spacial score (nSPS) is 14.5. The number of aliphatic imine (C=N–C) groups is 1. The zero-order chi connectivity index (χ0) is 20.9. The summed E-state index contributed by atoms with van der Waals surface area (Å²) in [6.45, 7) is 8.25. The lowest BCUT2D eigenvalue weighted by atomic mass is 10.1. The lowest BCUT2D eigenvalue weighted by Gasteiger charge is -2.20. The molecule has 2 rings (SSSR count). The lowest BCUT2D eigenvalue weighted by molar-refractivity contribution is -0.130. The number of amides is 2. The van der Waals surface area contributed by atoms with Crippen LogP contribution in [0.1, 0.15) is 61.9 Å². The molecule has 1 aliphatic rings. The summed E-state index contributed by atoms with van der Waals surface area (Å²) in [4.78, 5) is 30.7. The number of nitrogens with zero attached hydrogens (tertiary/aromatic N) is 2. The van der Waals surface area contributed by atoms with Crippen LogP contribution >= 0.6 is 24.0 Å². The van der Waals surface area contributed by atoms with E-state index >= 15 is 0 Å². The Morgan fingerprint density at radius 1 is 1.10 bits per heavy atom. The topological polar surface area (TPSA) is 85.8 Å². The summed E-state index contributed by atoms with van der Waals surface area (Å²) in [5, 5.41) is 9.40. The number of carbonyl (C=O) groups is 2. The third kappa shape index (κ3) is 9.32. The van der Waals surface area contributed by atoms with Gasteiger partial charge < -0.3 is 20.9 Å². The van der Waals surface area contributed by atoms with Crippen molar-refractivity contribution in [2.45, 2.75) is 52.5 Å². The molecular formula is C22H36IN5O2. The minimum absolute atomic E-state index is 0. The molecule has 168 valence electrons. The molecule has 0 saturated carbocycles. The quantitative estimate of drug-likeness (QED) is 0.199. The number of likely N-dealkylation sites (tertiary alicyclic amines) is 1. The second-order valence-electron chi connectivity index (χ2n) is 7.23. The molecule has 8 heteroatoms. The maximum Gasteiger partial charge on any atom is 0.251 e. The van der Waals surface area contributed by atoms with Crippen LogP contribution in [0.5, 0.6) is 0 Å². The third-order valence-corrected chi connectivity index (χ3v) is 4.86. The standard InChI is InChI=1S/C22H35N5O2.HI/c1-3-23-21(29)19-11-8-10-18(16-19)17-26-22(24-4-2)25-13-9-15-27-14-7-5-6-12-20(27)28;/h8,10-11,16H,3-7,9,12-15,17H2,1-2H3,(H,23,29)(H2,24,25,26);1H. The zero-order valence-corrected chi connectivity index (χ0v) is 20.5. The lowest BCUT2D eigenvalue weighted by Crippen LogP contribution is -2.39. The van der Waals surface area contributed by atoms with E-state index in [9.17, 15) is 9.59 Å². The summed E-state index contributed by atoms with van der Waals surface area (Å²) in [5.74, 6) is 0.972. The molecular weight excluding hydrogens is 493 g/mol. The minimum Gasteiger partial charge on any atom is -0.357 e.